The lowest BCUT2D eigenvalue weighted by Gasteiger charge is -2.30. The summed E-state index contributed by atoms with van der Waals surface area (Å²) in [6.07, 6.45) is 0. The molecule has 1 atom stereocenters. The quantitative estimate of drug-likeness (QED) is 0.181. The molecule has 1 aliphatic heterocycles. The van der Waals surface area contributed by atoms with Gasteiger partial charge in [-0.1, -0.05) is 145 Å². The third-order valence-electron chi connectivity index (χ3n) is 10.6. The van der Waals surface area contributed by atoms with E-state index in [4.69, 9.17) is 0 Å². The van der Waals surface area contributed by atoms with Crippen molar-refractivity contribution in [2.75, 3.05) is 0 Å². The summed E-state index contributed by atoms with van der Waals surface area (Å²) >= 11 is 1.90. The van der Waals surface area contributed by atoms with E-state index in [2.05, 4.69) is 158 Å². The molecular weight excluding hydrogens is 573 g/mol. The van der Waals surface area contributed by atoms with Crippen LogP contribution in [0.5, 0.6) is 0 Å². The van der Waals surface area contributed by atoms with E-state index < -0.39 is 0 Å². The molecule has 1 heteroatoms. The molecule has 0 bridgehead atoms. The van der Waals surface area contributed by atoms with Crippen molar-refractivity contribution in [1.82, 2.24) is 0 Å². The molecule has 2 aliphatic carbocycles. The summed E-state index contributed by atoms with van der Waals surface area (Å²) in [5.41, 5.74) is 15.8. The molecule has 0 nitrogen and oxygen atoms in total. The molecule has 46 heavy (non-hydrogen) atoms. The highest BCUT2D eigenvalue weighted by Crippen LogP contribution is 2.64. The first-order valence-electron chi connectivity index (χ1n) is 16.0. The summed E-state index contributed by atoms with van der Waals surface area (Å²) in [4.78, 5) is 2.67. The maximum absolute atomic E-state index is 2.46. The summed E-state index contributed by atoms with van der Waals surface area (Å²) < 4.78 is 0. The lowest BCUT2D eigenvalue weighted by atomic mass is 9.70. The average Bonchev–Trinajstić information content (AvgIpc) is 3.59. The summed E-state index contributed by atoms with van der Waals surface area (Å²) in [7, 11) is 0. The minimum Gasteiger partial charge on any atom is -0.0888 e. The molecule has 8 aromatic rings. The molecule has 0 aromatic heterocycles. The zero-order valence-electron chi connectivity index (χ0n) is 24.9. The normalized spacial score (nSPS) is 16.3. The summed E-state index contributed by atoms with van der Waals surface area (Å²) in [5.74, 6) is 0. The van der Waals surface area contributed by atoms with E-state index in [1.54, 1.807) is 0 Å². The minimum atomic E-state index is -0.343. The highest BCUT2D eigenvalue weighted by atomic mass is 32.2. The molecule has 1 heterocycles. The first kappa shape index (κ1) is 24.9. The standard InChI is InChI=1S/C45H26S/c1-2-12-31-27(10-1)20-23-40-44(31)35-15-4-7-18-38(35)45(40)37-17-6-3-13-32(37)36-25-28(21-22-39(36)45)30-24-29-11-9-16-34-33-14-5-8-19-41(33)46-42(26-30)43(29)34/h1-26H. The van der Waals surface area contributed by atoms with Gasteiger partial charge in [0.15, 0.2) is 0 Å². The molecule has 0 saturated carbocycles. The van der Waals surface area contributed by atoms with Crippen LogP contribution in [0, 0.1) is 0 Å². The van der Waals surface area contributed by atoms with Crippen LogP contribution in [0.2, 0.25) is 0 Å². The number of hydrogen-bond acceptors (Lipinski definition) is 1. The van der Waals surface area contributed by atoms with E-state index >= 15 is 0 Å². The van der Waals surface area contributed by atoms with Gasteiger partial charge >= 0.3 is 0 Å². The van der Waals surface area contributed by atoms with Crippen LogP contribution in [0.4, 0.5) is 0 Å². The van der Waals surface area contributed by atoms with Crippen LogP contribution in [0.15, 0.2) is 168 Å². The molecule has 0 radical (unpaired) electrons. The van der Waals surface area contributed by atoms with E-state index in [9.17, 15) is 0 Å². The van der Waals surface area contributed by atoms with Crippen molar-refractivity contribution in [3.8, 4) is 44.5 Å². The number of hydrogen-bond donors (Lipinski definition) is 0. The van der Waals surface area contributed by atoms with Gasteiger partial charge in [0.2, 0.25) is 0 Å². The summed E-state index contributed by atoms with van der Waals surface area (Å²) in [6, 6.07) is 59.4. The van der Waals surface area contributed by atoms with Gasteiger partial charge in [-0.05, 0) is 107 Å². The molecule has 0 saturated heterocycles. The molecule has 0 N–H and O–H groups in total. The van der Waals surface area contributed by atoms with Gasteiger partial charge in [-0.15, -0.1) is 0 Å². The van der Waals surface area contributed by atoms with Crippen LogP contribution in [-0.2, 0) is 5.41 Å². The molecule has 1 spiro atoms. The fraction of sp³-hybridized carbons (Fsp3) is 0.0222. The SMILES string of the molecule is c1ccc2c(c1)Sc1cc(-c3ccc4c(c3)-c3ccccc3C43c4ccccc4-c4c3ccc3ccccc43)cc3cccc-2c13. The molecule has 0 amide bonds. The van der Waals surface area contributed by atoms with Gasteiger partial charge in [0.1, 0.15) is 0 Å². The Labute approximate surface area is 272 Å². The Morgan fingerprint density at radius 2 is 1.04 bits per heavy atom. The Morgan fingerprint density at radius 3 is 1.96 bits per heavy atom. The van der Waals surface area contributed by atoms with Crippen LogP contribution < -0.4 is 0 Å². The largest absolute Gasteiger partial charge is 0.0888 e. The first-order valence-corrected chi connectivity index (χ1v) is 16.8. The number of rotatable bonds is 1. The van der Waals surface area contributed by atoms with Crippen LogP contribution in [0.3, 0.4) is 0 Å². The third-order valence-corrected chi connectivity index (χ3v) is 11.8. The second-order valence-electron chi connectivity index (χ2n) is 12.8. The van der Waals surface area contributed by atoms with Crippen LogP contribution >= 0.6 is 11.8 Å². The molecule has 0 fully saturated rings. The maximum Gasteiger partial charge on any atom is 0.0725 e. The van der Waals surface area contributed by atoms with E-state index in [0.717, 1.165) is 0 Å². The minimum absolute atomic E-state index is 0.343. The Bertz CT molecular complexity index is 2630. The van der Waals surface area contributed by atoms with Gasteiger partial charge in [0.25, 0.3) is 0 Å². The van der Waals surface area contributed by atoms with Crippen LogP contribution in [-0.4, -0.2) is 0 Å². The first-order chi connectivity index (χ1) is 22.8. The van der Waals surface area contributed by atoms with Crippen molar-refractivity contribution in [3.63, 3.8) is 0 Å². The Balaban J connectivity index is 1.17. The molecule has 3 aliphatic rings. The molecule has 1 unspecified atom stereocenters. The van der Waals surface area contributed by atoms with Crippen LogP contribution in [0.1, 0.15) is 22.3 Å². The molecule has 8 aromatic carbocycles. The topological polar surface area (TPSA) is 0 Å². The smallest absolute Gasteiger partial charge is 0.0725 e. The monoisotopic (exact) mass is 598 g/mol. The second kappa shape index (κ2) is 8.88. The van der Waals surface area contributed by atoms with Crippen molar-refractivity contribution in [1.29, 1.82) is 0 Å². The van der Waals surface area contributed by atoms with Crippen molar-refractivity contribution in [2.24, 2.45) is 0 Å². The predicted molar refractivity (Wildman–Crippen MR) is 193 cm³/mol. The Hall–Kier alpha value is -5.37. The average molecular weight is 599 g/mol. The maximum atomic E-state index is 2.46. The van der Waals surface area contributed by atoms with Gasteiger partial charge in [0.05, 0.1) is 5.41 Å². The molecular formula is C45H26S. The van der Waals surface area contributed by atoms with Gasteiger partial charge in [-0.25, -0.2) is 0 Å². The van der Waals surface area contributed by atoms with Gasteiger partial charge in [-0.3, -0.25) is 0 Å². The molecule has 212 valence electrons. The van der Waals surface area contributed by atoms with Crippen LogP contribution in [0.25, 0.3) is 66.1 Å². The van der Waals surface area contributed by atoms with Crippen molar-refractivity contribution in [3.05, 3.63) is 180 Å². The predicted octanol–water partition coefficient (Wildman–Crippen LogP) is 12.1. The number of fused-ring (bicyclic) bond motifs is 14. The van der Waals surface area contributed by atoms with Crippen molar-refractivity contribution < 1.29 is 0 Å². The third kappa shape index (κ3) is 3.02. The van der Waals surface area contributed by atoms with Gasteiger partial charge in [0, 0.05) is 15.2 Å². The van der Waals surface area contributed by atoms with Gasteiger partial charge in [-0.2, -0.15) is 0 Å². The zero-order valence-corrected chi connectivity index (χ0v) is 25.7. The fourth-order valence-electron chi connectivity index (χ4n) is 8.85. The second-order valence-corrected chi connectivity index (χ2v) is 13.9. The van der Waals surface area contributed by atoms with E-state index in [0.29, 0.717) is 0 Å². The van der Waals surface area contributed by atoms with Gasteiger partial charge < -0.3 is 0 Å². The summed E-state index contributed by atoms with van der Waals surface area (Å²) in [6.45, 7) is 0. The zero-order chi connectivity index (χ0) is 30.0. The Morgan fingerprint density at radius 1 is 0.370 bits per heavy atom. The summed E-state index contributed by atoms with van der Waals surface area (Å²) in [5, 5.41) is 5.29. The van der Waals surface area contributed by atoms with E-state index in [1.165, 1.54) is 98.1 Å². The van der Waals surface area contributed by atoms with Crippen molar-refractivity contribution >= 4 is 33.3 Å². The fourth-order valence-corrected chi connectivity index (χ4v) is 10.0. The highest BCUT2D eigenvalue weighted by molar-refractivity contribution is 7.99. The van der Waals surface area contributed by atoms with Crippen molar-refractivity contribution in [2.45, 2.75) is 15.2 Å². The lowest BCUT2D eigenvalue weighted by Crippen LogP contribution is -2.25. The van der Waals surface area contributed by atoms with E-state index in [1.807, 2.05) is 11.8 Å². The molecule has 11 rings (SSSR count). The Kier molecular flexibility index (Phi) is 4.80. The van der Waals surface area contributed by atoms with E-state index in [-0.39, 0.29) is 5.41 Å². The highest BCUT2D eigenvalue weighted by Gasteiger charge is 2.51. The lowest BCUT2D eigenvalue weighted by molar-refractivity contribution is 0.794. The number of benzene rings is 8.